The van der Waals surface area contributed by atoms with Gasteiger partial charge in [-0.15, -0.1) is 0 Å². The number of piperazine rings is 1. The molecule has 2 aliphatic heterocycles. The number of hydrogen-bond acceptors (Lipinski definition) is 6. The lowest BCUT2D eigenvalue weighted by molar-refractivity contribution is 0.174. The van der Waals surface area contributed by atoms with Crippen LogP contribution in [-0.4, -0.2) is 54.4 Å². The van der Waals surface area contributed by atoms with Crippen LogP contribution in [-0.2, 0) is 6.42 Å². The number of ether oxygens (including phenoxy) is 3. The number of aromatic nitrogens is 2. The predicted octanol–water partition coefficient (Wildman–Crippen LogP) is 5.99. The van der Waals surface area contributed by atoms with Crippen molar-refractivity contribution < 1.29 is 14.2 Å². The summed E-state index contributed by atoms with van der Waals surface area (Å²) in [6.45, 7) is 5.40. The Morgan fingerprint density at radius 1 is 0.895 bits per heavy atom. The van der Waals surface area contributed by atoms with Crippen LogP contribution in [0.1, 0.15) is 12.0 Å². The maximum atomic E-state index is 6.28. The first-order chi connectivity index (χ1) is 18.8. The monoisotopic (exact) mass is 506 g/mol. The maximum absolute atomic E-state index is 6.28. The summed E-state index contributed by atoms with van der Waals surface area (Å²) in [5.74, 6) is 3.10. The van der Waals surface area contributed by atoms with Gasteiger partial charge in [-0.1, -0.05) is 30.3 Å². The van der Waals surface area contributed by atoms with E-state index >= 15 is 0 Å². The van der Waals surface area contributed by atoms with E-state index < -0.39 is 0 Å². The van der Waals surface area contributed by atoms with E-state index in [1.165, 1.54) is 16.3 Å². The van der Waals surface area contributed by atoms with E-state index in [0.717, 1.165) is 85.3 Å². The lowest BCUT2D eigenvalue weighted by atomic mass is 10.1. The van der Waals surface area contributed by atoms with Crippen molar-refractivity contribution >= 4 is 27.5 Å². The highest BCUT2D eigenvalue weighted by Gasteiger charge is 2.21. The molecule has 2 aromatic heterocycles. The van der Waals surface area contributed by atoms with E-state index in [2.05, 4.69) is 56.3 Å². The molecule has 7 nitrogen and oxygen atoms in total. The third-order valence-electron chi connectivity index (χ3n) is 7.58. The summed E-state index contributed by atoms with van der Waals surface area (Å²) in [4.78, 5) is 13.1. The van der Waals surface area contributed by atoms with Crippen molar-refractivity contribution in [3.8, 4) is 23.0 Å². The van der Waals surface area contributed by atoms with Gasteiger partial charge in [-0.2, -0.15) is 0 Å². The topological polar surface area (TPSA) is 62.9 Å². The average Bonchev–Trinajstić information content (AvgIpc) is 3.61. The van der Waals surface area contributed by atoms with E-state index in [4.69, 9.17) is 14.2 Å². The van der Waals surface area contributed by atoms with Crippen LogP contribution in [0, 0.1) is 0 Å². The molecule has 0 spiro atoms. The highest BCUT2D eigenvalue weighted by molar-refractivity contribution is 6.04. The van der Waals surface area contributed by atoms with Crippen molar-refractivity contribution in [2.75, 3.05) is 44.4 Å². The Bertz CT molecular complexity index is 1590. The first-order valence-electron chi connectivity index (χ1n) is 13.3. The minimum atomic E-state index is 0.260. The number of fused-ring (bicyclic) bond motifs is 4. The van der Waals surface area contributed by atoms with Gasteiger partial charge in [0.2, 0.25) is 6.79 Å². The molecule has 1 N–H and O–H groups in total. The number of para-hydroxylation sites is 2. The maximum Gasteiger partial charge on any atom is 0.231 e. The Morgan fingerprint density at radius 3 is 2.74 bits per heavy atom. The molecule has 0 saturated carbocycles. The zero-order chi connectivity index (χ0) is 25.3. The Balaban J connectivity index is 0.958. The molecule has 3 aromatic carbocycles. The normalized spacial score (nSPS) is 15.4. The van der Waals surface area contributed by atoms with Crippen LogP contribution in [0.4, 0.5) is 5.69 Å². The van der Waals surface area contributed by atoms with Crippen LogP contribution in [0.3, 0.4) is 0 Å². The largest absolute Gasteiger partial charge is 0.455 e. The van der Waals surface area contributed by atoms with Crippen LogP contribution in [0.2, 0.25) is 0 Å². The summed E-state index contributed by atoms with van der Waals surface area (Å²) >= 11 is 0. The van der Waals surface area contributed by atoms with Gasteiger partial charge >= 0.3 is 0 Å². The molecule has 1 saturated heterocycles. The molecule has 0 unspecified atom stereocenters. The highest BCUT2D eigenvalue weighted by Crippen LogP contribution is 2.39. The molecule has 7 heteroatoms. The number of aromatic amines is 1. The fourth-order valence-electron chi connectivity index (χ4n) is 5.58. The van der Waals surface area contributed by atoms with Gasteiger partial charge in [-0.25, -0.2) is 0 Å². The summed E-state index contributed by atoms with van der Waals surface area (Å²) in [7, 11) is 0. The molecule has 38 heavy (non-hydrogen) atoms. The highest BCUT2D eigenvalue weighted by atomic mass is 16.7. The first-order valence-corrected chi connectivity index (χ1v) is 13.3. The summed E-state index contributed by atoms with van der Waals surface area (Å²) in [5, 5.41) is 2.47. The molecule has 0 atom stereocenters. The van der Waals surface area contributed by atoms with Gasteiger partial charge in [0.15, 0.2) is 17.2 Å². The van der Waals surface area contributed by atoms with Gasteiger partial charge in [-0.3, -0.25) is 9.88 Å². The minimum absolute atomic E-state index is 0.260. The molecule has 4 heterocycles. The summed E-state index contributed by atoms with van der Waals surface area (Å²) in [6, 6.07) is 22.5. The SMILES string of the molecule is c1ccc(N2CCN(CCCc3c[nH]c4c3ccc3cccnc34)CC2)c(Oc2ccc3c(c2)OCO3)c1. The van der Waals surface area contributed by atoms with Crippen molar-refractivity contribution in [3.63, 3.8) is 0 Å². The summed E-state index contributed by atoms with van der Waals surface area (Å²) < 4.78 is 17.2. The number of aryl methyl sites for hydroxylation is 1. The molecular weight excluding hydrogens is 476 g/mol. The molecule has 0 radical (unpaired) electrons. The number of H-pyrrole nitrogens is 1. The van der Waals surface area contributed by atoms with Gasteiger partial charge in [0.1, 0.15) is 5.75 Å². The van der Waals surface area contributed by atoms with Crippen LogP contribution in [0.15, 0.2) is 79.1 Å². The van der Waals surface area contributed by atoms with Gasteiger partial charge < -0.3 is 24.1 Å². The smallest absolute Gasteiger partial charge is 0.231 e. The van der Waals surface area contributed by atoms with Crippen molar-refractivity contribution in [1.82, 2.24) is 14.9 Å². The second kappa shape index (κ2) is 9.91. The lowest BCUT2D eigenvalue weighted by Gasteiger charge is -2.36. The minimum Gasteiger partial charge on any atom is -0.455 e. The molecule has 0 amide bonds. The Kier molecular flexibility index (Phi) is 5.98. The Morgan fingerprint density at radius 2 is 1.79 bits per heavy atom. The second-order valence-electron chi connectivity index (χ2n) is 9.89. The number of rotatable bonds is 7. The van der Waals surface area contributed by atoms with E-state index in [1.807, 2.05) is 42.6 Å². The van der Waals surface area contributed by atoms with Crippen LogP contribution in [0.5, 0.6) is 23.0 Å². The molecule has 0 bridgehead atoms. The van der Waals surface area contributed by atoms with E-state index in [1.54, 1.807) is 0 Å². The van der Waals surface area contributed by atoms with Crippen LogP contribution in [0.25, 0.3) is 21.8 Å². The predicted molar refractivity (Wildman–Crippen MR) is 150 cm³/mol. The number of nitrogens with zero attached hydrogens (tertiary/aromatic N) is 3. The third-order valence-corrected chi connectivity index (χ3v) is 7.58. The fraction of sp³-hybridized carbons (Fsp3) is 0.258. The number of anilines is 1. The van der Waals surface area contributed by atoms with E-state index in [9.17, 15) is 0 Å². The van der Waals surface area contributed by atoms with Crippen molar-refractivity contribution in [3.05, 3.63) is 84.7 Å². The summed E-state index contributed by atoms with van der Waals surface area (Å²) in [6.07, 6.45) is 6.22. The molecule has 2 aliphatic rings. The van der Waals surface area contributed by atoms with Crippen molar-refractivity contribution in [2.45, 2.75) is 12.8 Å². The Labute approximate surface area is 221 Å². The zero-order valence-corrected chi connectivity index (χ0v) is 21.2. The standard InChI is InChI=1S/C31H30N4O3/c1-2-8-27(38-24-10-12-28-29(19-24)37-21-36-28)26(7-1)35-17-15-34(16-18-35)14-4-6-23-20-33-31-25(23)11-9-22-5-3-13-32-30(22)31/h1-3,5,7-13,19-20,33H,4,6,14-18,21H2. The second-order valence-corrected chi connectivity index (χ2v) is 9.89. The molecule has 1 fully saturated rings. The Hall–Kier alpha value is -4.23. The molecule has 7 rings (SSSR count). The number of nitrogens with one attached hydrogen (secondary N) is 1. The quantitative estimate of drug-likeness (QED) is 0.293. The molecule has 0 aliphatic carbocycles. The lowest BCUT2D eigenvalue weighted by Crippen LogP contribution is -2.46. The van der Waals surface area contributed by atoms with E-state index in [0.29, 0.717) is 0 Å². The van der Waals surface area contributed by atoms with Gasteiger partial charge in [0.25, 0.3) is 0 Å². The molecule has 192 valence electrons. The van der Waals surface area contributed by atoms with Crippen LogP contribution < -0.4 is 19.1 Å². The number of pyridine rings is 1. The average molecular weight is 507 g/mol. The first kappa shape index (κ1) is 22.9. The van der Waals surface area contributed by atoms with Crippen molar-refractivity contribution in [1.29, 1.82) is 0 Å². The van der Waals surface area contributed by atoms with Crippen molar-refractivity contribution in [2.24, 2.45) is 0 Å². The van der Waals surface area contributed by atoms with Gasteiger partial charge in [0.05, 0.1) is 16.7 Å². The third kappa shape index (κ3) is 4.39. The van der Waals surface area contributed by atoms with E-state index in [-0.39, 0.29) is 6.79 Å². The number of hydrogen-bond donors (Lipinski definition) is 1. The van der Waals surface area contributed by atoms with Crippen LogP contribution >= 0.6 is 0 Å². The fourth-order valence-corrected chi connectivity index (χ4v) is 5.58. The summed E-state index contributed by atoms with van der Waals surface area (Å²) in [5.41, 5.74) is 4.70. The van der Waals surface area contributed by atoms with Gasteiger partial charge in [-0.05, 0) is 55.3 Å². The molecular formula is C31H30N4O3. The number of benzene rings is 3. The zero-order valence-electron chi connectivity index (χ0n) is 21.2. The molecule has 5 aromatic rings. The van der Waals surface area contributed by atoms with Gasteiger partial charge in [0, 0.05) is 55.4 Å².